The number of anilines is 1. The number of carbonyl (C=O) groups excluding carboxylic acids is 2. The predicted octanol–water partition coefficient (Wildman–Crippen LogP) is 4.76. The number of benzene rings is 2. The van der Waals surface area contributed by atoms with Crippen LogP contribution in [0.3, 0.4) is 0 Å². The largest absolute Gasteiger partial charge is 0.462 e. The molecule has 1 atom stereocenters. The van der Waals surface area contributed by atoms with E-state index in [4.69, 9.17) is 4.74 Å². The van der Waals surface area contributed by atoms with Gasteiger partial charge in [0.2, 0.25) is 5.91 Å². The highest BCUT2D eigenvalue weighted by atomic mass is 32.2. The van der Waals surface area contributed by atoms with E-state index in [0.717, 1.165) is 17.7 Å². The van der Waals surface area contributed by atoms with Crippen LogP contribution in [0.15, 0.2) is 59.5 Å². The molecule has 132 valence electrons. The van der Waals surface area contributed by atoms with Crippen molar-refractivity contribution in [3.05, 3.63) is 60.2 Å². The molecule has 0 aromatic heterocycles. The van der Waals surface area contributed by atoms with E-state index in [9.17, 15) is 9.59 Å². The van der Waals surface area contributed by atoms with Crippen LogP contribution < -0.4 is 5.32 Å². The SMILES string of the molecule is CCCCOC(=O)c1ccc(NC(=O)[C@@H](C)Sc2ccccc2)cc1. The summed E-state index contributed by atoms with van der Waals surface area (Å²) in [6.07, 6.45) is 1.84. The van der Waals surface area contributed by atoms with Gasteiger partial charge in [-0.15, -0.1) is 11.8 Å². The number of amides is 1. The normalized spacial score (nSPS) is 11.6. The molecule has 25 heavy (non-hydrogen) atoms. The Morgan fingerprint density at radius 3 is 2.40 bits per heavy atom. The zero-order chi connectivity index (χ0) is 18.1. The zero-order valence-corrected chi connectivity index (χ0v) is 15.3. The van der Waals surface area contributed by atoms with Crippen LogP contribution in [0.2, 0.25) is 0 Å². The molecule has 0 aliphatic carbocycles. The topological polar surface area (TPSA) is 55.4 Å². The van der Waals surface area contributed by atoms with Gasteiger partial charge in [0.25, 0.3) is 0 Å². The molecule has 0 bridgehead atoms. The molecule has 2 aromatic carbocycles. The maximum atomic E-state index is 12.3. The Bertz CT molecular complexity index is 686. The first kappa shape index (κ1) is 19.1. The number of ether oxygens (including phenoxy) is 1. The van der Waals surface area contributed by atoms with Gasteiger partial charge >= 0.3 is 5.97 Å². The summed E-state index contributed by atoms with van der Waals surface area (Å²) in [7, 11) is 0. The number of hydrogen-bond acceptors (Lipinski definition) is 4. The lowest BCUT2D eigenvalue weighted by Gasteiger charge is -2.12. The molecule has 1 N–H and O–H groups in total. The lowest BCUT2D eigenvalue weighted by molar-refractivity contribution is -0.115. The molecule has 0 saturated heterocycles. The van der Waals surface area contributed by atoms with Gasteiger partial charge in [0.1, 0.15) is 0 Å². The van der Waals surface area contributed by atoms with Crippen LogP contribution in [-0.2, 0) is 9.53 Å². The minimum atomic E-state index is -0.334. The Kier molecular flexibility index (Phi) is 7.54. The van der Waals surface area contributed by atoms with Gasteiger partial charge in [-0.05, 0) is 49.7 Å². The molecule has 2 rings (SSSR count). The molecule has 0 fully saturated rings. The quantitative estimate of drug-likeness (QED) is 0.420. The molecule has 5 heteroatoms. The lowest BCUT2D eigenvalue weighted by atomic mass is 10.2. The highest BCUT2D eigenvalue weighted by molar-refractivity contribution is 8.00. The molecule has 0 radical (unpaired) electrons. The van der Waals surface area contributed by atoms with Crippen molar-refractivity contribution in [2.24, 2.45) is 0 Å². The van der Waals surface area contributed by atoms with Crippen LogP contribution in [0, 0.1) is 0 Å². The van der Waals surface area contributed by atoms with Crippen LogP contribution in [0.4, 0.5) is 5.69 Å². The van der Waals surface area contributed by atoms with Crippen molar-refractivity contribution < 1.29 is 14.3 Å². The molecule has 4 nitrogen and oxygen atoms in total. The predicted molar refractivity (Wildman–Crippen MR) is 102 cm³/mol. The second kappa shape index (κ2) is 9.89. The van der Waals surface area contributed by atoms with E-state index in [0.29, 0.717) is 17.9 Å². The molecule has 1 amide bonds. The summed E-state index contributed by atoms with van der Waals surface area (Å²) >= 11 is 1.50. The van der Waals surface area contributed by atoms with Gasteiger partial charge in [0, 0.05) is 10.6 Å². The van der Waals surface area contributed by atoms with Crippen molar-refractivity contribution in [1.29, 1.82) is 0 Å². The summed E-state index contributed by atoms with van der Waals surface area (Å²) in [4.78, 5) is 25.2. The van der Waals surface area contributed by atoms with Crippen LogP contribution in [-0.4, -0.2) is 23.7 Å². The molecule has 2 aromatic rings. The molecule has 0 unspecified atom stereocenters. The van der Waals surface area contributed by atoms with Gasteiger partial charge in [-0.1, -0.05) is 31.5 Å². The second-order valence-electron chi connectivity index (χ2n) is 5.63. The van der Waals surface area contributed by atoms with E-state index in [1.165, 1.54) is 11.8 Å². The lowest BCUT2D eigenvalue weighted by Crippen LogP contribution is -2.22. The summed E-state index contributed by atoms with van der Waals surface area (Å²) in [6.45, 7) is 4.34. The van der Waals surface area contributed by atoms with E-state index in [1.807, 2.05) is 44.2 Å². The van der Waals surface area contributed by atoms with Crippen LogP contribution in [0.25, 0.3) is 0 Å². The molecule has 0 heterocycles. The number of rotatable bonds is 8. The Hall–Kier alpha value is -2.27. The molecule has 0 saturated carbocycles. The Labute approximate surface area is 153 Å². The number of thioether (sulfide) groups is 1. The van der Waals surface area contributed by atoms with Crippen molar-refractivity contribution in [1.82, 2.24) is 0 Å². The first-order valence-electron chi connectivity index (χ1n) is 8.40. The fourth-order valence-corrected chi connectivity index (χ4v) is 2.97. The average Bonchev–Trinajstić information content (AvgIpc) is 2.63. The standard InChI is InChI=1S/C20H23NO3S/c1-3-4-14-24-20(23)16-10-12-17(13-11-16)21-19(22)15(2)25-18-8-6-5-7-9-18/h5-13,15H,3-4,14H2,1-2H3,(H,21,22)/t15-/m1/s1. The van der Waals surface area contributed by atoms with Gasteiger partial charge < -0.3 is 10.1 Å². The van der Waals surface area contributed by atoms with Crippen LogP contribution in [0.1, 0.15) is 37.0 Å². The van der Waals surface area contributed by atoms with E-state index >= 15 is 0 Å². The second-order valence-corrected chi connectivity index (χ2v) is 7.04. The maximum Gasteiger partial charge on any atom is 0.338 e. The summed E-state index contributed by atoms with van der Waals surface area (Å²) in [5, 5.41) is 2.65. The molecule has 0 aliphatic rings. The third-order valence-electron chi connectivity index (χ3n) is 3.54. The number of nitrogens with one attached hydrogen (secondary N) is 1. The Morgan fingerprint density at radius 2 is 1.76 bits per heavy atom. The maximum absolute atomic E-state index is 12.3. The van der Waals surface area contributed by atoms with Crippen molar-refractivity contribution in [3.8, 4) is 0 Å². The van der Waals surface area contributed by atoms with E-state index in [2.05, 4.69) is 5.32 Å². The van der Waals surface area contributed by atoms with Gasteiger partial charge in [0.05, 0.1) is 17.4 Å². The van der Waals surface area contributed by atoms with Crippen molar-refractivity contribution in [2.75, 3.05) is 11.9 Å². The third-order valence-corrected chi connectivity index (χ3v) is 4.66. The fraction of sp³-hybridized carbons (Fsp3) is 0.300. The van der Waals surface area contributed by atoms with E-state index in [1.54, 1.807) is 24.3 Å². The highest BCUT2D eigenvalue weighted by Crippen LogP contribution is 2.23. The summed E-state index contributed by atoms with van der Waals surface area (Å²) in [5.41, 5.74) is 1.15. The molecule has 0 spiro atoms. The zero-order valence-electron chi connectivity index (χ0n) is 14.5. The van der Waals surface area contributed by atoms with E-state index < -0.39 is 0 Å². The first-order chi connectivity index (χ1) is 12.1. The van der Waals surface area contributed by atoms with Gasteiger partial charge in [-0.25, -0.2) is 4.79 Å². The summed E-state index contributed by atoms with van der Waals surface area (Å²) < 4.78 is 5.16. The van der Waals surface area contributed by atoms with Gasteiger partial charge in [0.15, 0.2) is 0 Å². The van der Waals surface area contributed by atoms with Crippen molar-refractivity contribution in [2.45, 2.75) is 36.8 Å². The number of hydrogen-bond donors (Lipinski definition) is 1. The van der Waals surface area contributed by atoms with Crippen LogP contribution in [0.5, 0.6) is 0 Å². The van der Waals surface area contributed by atoms with Gasteiger partial charge in [-0.3, -0.25) is 4.79 Å². The van der Waals surface area contributed by atoms with E-state index in [-0.39, 0.29) is 17.1 Å². The third kappa shape index (κ3) is 6.27. The summed E-state index contributed by atoms with van der Waals surface area (Å²) in [6, 6.07) is 16.6. The molecular formula is C20H23NO3S. The molecular weight excluding hydrogens is 334 g/mol. The number of unbranched alkanes of at least 4 members (excludes halogenated alkanes) is 1. The van der Waals surface area contributed by atoms with Crippen LogP contribution >= 0.6 is 11.8 Å². The number of carbonyl (C=O) groups is 2. The monoisotopic (exact) mass is 357 g/mol. The Morgan fingerprint density at radius 1 is 1.08 bits per heavy atom. The minimum Gasteiger partial charge on any atom is -0.462 e. The van der Waals surface area contributed by atoms with Gasteiger partial charge in [-0.2, -0.15) is 0 Å². The van der Waals surface area contributed by atoms with Crippen molar-refractivity contribution in [3.63, 3.8) is 0 Å². The fourth-order valence-electron chi connectivity index (χ4n) is 2.08. The average molecular weight is 357 g/mol. The van der Waals surface area contributed by atoms with Crippen molar-refractivity contribution >= 4 is 29.3 Å². The number of esters is 1. The Balaban J connectivity index is 1.87. The smallest absolute Gasteiger partial charge is 0.338 e. The summed E-state index contributed by atoms with van der Waals surface area (Å²) in [5.74, 6) is -0.411. The molecule has 0 aliphatic heterocycles. The minimum absolute atomic E-state index is 0.0767. The first-order valence-corrected chi connectivity index (χ1v) is 9.28. The highest BCUT2D eigenvalue weighted by Gasteiger charge is 2.15.